The van der Waals surface area contributed by atoms with Crippen molar-refractivity contribution in [3.8, 4) is 0 Å². The number of ketones is 1. The molecule has 1 unspecified atom stereocenters. The molecule has 7 rings (SSSR count). The van der Waals surface area contributed by atoms with Crippen LogP contribution in [0.15, 0.2) is 71.5 Å². The second-order valence-electron chi connectivity index (χ2n) is 13.2. The molecular formula is C35H43N3O. The first-order chi connectivity index (χ1) is 19.1. The zero-order valence-corrected chi connectivity index (χ0v) is 23.6. The van der Waals surface area contributed by atoms with Crippen molar-refractivity contribution in [1.29, 1.82) is 0 Å². The molecular weight excluding hydrogens is 478 g/mol. The maximum Gasteiger partial charge on any atom is 0.156 e. The van der Waals surface area contributed by atoms with E-state index in [0.717, 1.165) is 63.2 Å². The summed E-state index contributed by atoms with van der Waals surface area (Å²) in [4.78, 5) is 22.4. The van der Waals surface area contributed by atoms with Crippen molar-refractivity contribution < 1.29 is 4.79 Å². The number of piperazine rings is 1. The van der Waals surface area contributed by atoms with Gasteiger partial charge >= 0.3 is 0 Å². The molecule has 1 aromatic heterocycles. The van der Waals surface area contributed by atoms with E-state index < -0.39 is 0 Å². The van der Waals surface area contributed by atoms with Gasteiger partial charge in [0.05, 0.1) is 5.69 Å². The molecule has 0 bridgehead atoms. The van der Waals surface area contributed by atoms with E-state index in [9.17, 15) is 4.79 Å². The van der Waals surface area contributed by atoms with Gasteiger partial charge in [0.25, 0.3) is 0 Å². The van der Waals surface area contributed by atoms with Crippen molar-refractivity contribution in [2.45, 2.75) is 77.3 Å². The van der Waals surface area contributed by atoms with Gasteiger partial charge in [0.15, 0.2) is 5.78 Å². The number of rotatable bonds is 5. The average molecular weight is 522 g/mol. The summed E-state index contributed by atoms with van der Waals surface area (Å²) in [6, 6.07) is 15.5. The molecule has 204 valence electrons. The zero-order valence-electron chi connectivity index (χ0n) is 23.6. The molecule has 1 aromatic carbocycles. The fraction of sp³-hybridized carbons (Fsp3) is 0.543. The van der Waals surface area contributed by atoms with Crippen LogP contribution in [-0.4, -0.2) is 46.7 Å². The molecule has 0 radical (unpaired) electrons. The van der Waals surface area contributed by atoms with Gasteiger partial charge in [-0.05, 0) is 96.3 Å². The van der Waals surface area contributed by atoms with Gasteiger partial charge in [-0.3, -0.25) is 19.6 Å². The third kappa shape index (κ3) is 4.95. The Morgan fingerprint density at radius 1 is 0.923 bits per heavy atom. The van der Waals surface area contributed by atoms with E-state index in [1.54, 1.807) is 11.1 Å². The van der Waals surface area contributed by atoms with Crippen molar-refractivity contribution in [2.75, 3.05) is 26.2 Å². The van der Waals surface area contributed by atoms with Crippen LogP contribution in [0.3, 0.4) is 0 Å². The summed E-state index contributed by atoms with van der Waals surface area (Å²) in [5.74, 6) is 2.20. The maximum absolute atomic E-state index is 12.9. The number of aromatic nitrogens is 1. The van der Waals surface area contributed by atoms with Gasteiger partial charge in [-0.15, -0.1) is 0 Å². The van der Waals surface area contributed by atoms with E-state index in [-0.39, 0.29) is 5.92 Å². The number of nitrogens with zero attached hydrogens (tertiary/aromatic N) is 3. The van der Waals surface area contributed by atoms with Crippen LogP contribution in [0.5, 0.6) is 0 Å². The summed E-state index contributed by atoms with van der Waals surface area (Å²) in [6.07, 6.45) is 13.7. The van der Waals surface area contributed by atoms with Crippen molar-refractivity contribution in [3.63, 3.8) is 0 Å². The Morgan fingerprint density at radius 2 is 1.72 bits per heavy atom. The molecule has 2 aromatic rings. The number of hydrogen-bond donors (Lipinski definition) is 0. The predicted octanol–water partition coefficient (Wildman–Crippen LogP) is 6.69. The highest BCUT2D eigenvalue weighted by Gasteiger charge is 2.49. The largest absolute Gasteiger partial charge is 0.297 e. The van der Waals surface area contributed by atoms with E-state index in [1.165, 1.54) is 55.2 Å². The third-order valence-corrected chi connectivity index (χ3v) is 10.9. The smallest absolute Gasteiger partial charge is 0.156 e. The van der Waals surface area contributed by atoms with Crippen LogP contribution in [0.1, 0.15) is 81.0 Å². The van der Waals surface area contributed by atoms with E-state index in [0.29, 0.717) is 17.6 Å². The van der Waals surface area contributed by atoms with Crippen LogP contribution >= 0.6 is 0 Å². The first-order valence-electron chi connectivity index (χ1n) is 15.5. The Hall–Kier alpha value is -2.56. The Balaban J connectivity index is 1.05. The Morgan fingerprint density at radius 3 is 2.49 bits per heavy atom. The van der Waals surface area contributed by atoms with Crippen molar-refractivity contribution in [2.24, 2.45) is 17.3 Å². The molecule has 4 aliphatic carbocycles. The van der Waals surface area contributed by atoms with E-state index >= 15 is 0 Å². The molecule has 39 heavy (non-hydrogen) atoms. The minimum Gasteiger partial charge on any atom is -0.297 e. The lowest BCUT2D eigenvalue weighted by atomic mass is 9.56. The van der Waals surface area contributed by atoms with Gasteiger partial charge in [0.2, 0.25) is 0 Å². The van der Waals surface area contributed by atoms with Crippen LogP contribution in [0.25, 0.3) is 0 Å². The van der Waals surface area contributed by atoms with E-state index in [4.69, 9.17) is 0 Å². The highest BCUT2D eigenvalue weighted by atomic mass is 16.1. The number of hydrogen-bond acceptors (Lipinski definition) is 4. The minimum atomic E-state index is 0.255. The van der Waals surface area contributed by atoms with Gasteiger partial charge < -0.3 is 0 Å². The standard InChI is InChI=1S/C35H43N3O/c1-35-14-4-6-33(35)30-12-11-27-21-29(39)22-32(34(27)31(30)13-15-35)26-9-7-25(8-10-26)23-37-17-19-38(20-18-37)24-28-5-2-3-16-36-28/h2-3,5,7-10,16,21,30,32-33H,4,6,11-15,17-20,22-24H2,1H3/t30-,32?,33+,35+/m1/s1. The molecule has 0 spiro atoms. The molecule has 2 saturated carbocycles. The summed E-state index contributed by atoms with van der Waals surface area (Å²) >= 11 is 0. The Bertz CT molecular complexity index is 1270. The van der Waals surface area contributed by atoms with Gasteiger partial charge in [-0.2, -0.15) is 0 Å². The number of pyridine rings is 1. The van der Waals surface area contributed by atoms with Crippen LogP contribution in [0.2, 0.25) is 0 Å². The third-order valence-electron chi connectivity index (χ3n) is 10.9. The normalized spacial score (nSPS) is 31.5. The molecule has 4 nitrogen and oxygen atoms in total. The maximum atomic E-state index is 12.9. The van der Waals surface area contributed by atoms with E-state index in [1.807, 2.05) is 18.3 Å². The molecule has 1 aliphatic heterocycles. The minimum absolute atomic E-state index is 0.255. The van der Waals surface area contributed by atoms with Gasteiger partial charge in [0.1, 0.15) is 0 Å². The Kier molecular flexibility index (Phi) is 6.81. The quantitative estimate of drug-likeness (QED) is 0.439. The van der Waals surface area contributed by atoms with Gasteiger partial charge in [0, 0.05) is 57.8 Å². The van der Waals surface area contributed by atoms with Gasteiger partial charge in [-0.1, -0.05) is 49.2 Å². The summed E-state index contributed by atoms with van der Waals surface area (Å²) in [5.41, 5.74) is 9.14. The van der Waals surface area contributed by atoms with Crippen LogP contribution in [0.4, 0.5) is 0 Å². The van der Waals surface area contributed by atoms with Crippen LogP contribution < -0.4 is 0 Å². The second kappa shape index (κ2) is 10.4. The lowest BCUT2D eigenvalue weighted by molar-refractivity contribution is -0.115. The Labute approximate surface area is 234 Å². The topological polar surface area (TPSA) is 36.4 Å². The molecule has 5 aliphatic rings. The summed E-state index contributed by atoms with van der Waals surface area (Å²) in [6.45, 7) is 8.88. The van der Waals surface area contributed by atoms with E-state index in [2.05, 4.69) is 58.1 Å². The zero-order chi connectivity index (χ0) is 26.4. The molecule has 0 amide bonds. The first-order valence-corrected chi connectivity index (χ1v) is 15.5. The van der Waals surface area contributed by atoms with Crippen molar-refractivity contribution in [3.05, 3.63) is 88.3 Å². The fourth-order valence-corrected chi connectivity index (χ4v) is 8.85. The average Bonchev–Trinajstić information content (AvgIpc) is 3.36. The lowest BCUT2D eigenvalue weighted by Gasteiger charge is -2.48. The molecule has 4 heteroatoms. The number of benzene rings is 1. The van der Waals surface area contributed by atoms with Crippen LogP contribution in [-0.2, 0) is 17.9 Å². The highest BCUT2D eigenvalue weighted by molar-refractivity contribution is 5.94. The number of carbonyl (C=O) groups excluding carboxylic acids is 1. The van der Waals surface area contributed by atoms with Gasteiger partial charge in [-0.25, -0.2) is 0 Å². The summed E-state index contributed by atoms with van der Waals surface area (Å²) in [5, 5.41) is 0. The summed E-state index contributed by atoms with van der Waals surface area (Å²) in [7, 11) is 0. The summed E-state index contributed by atoms with van der Waals surface area (Å²) < 4.78 is 0. The van der Waals surface area contributed by atoms with Crippen molar-refractivity contribution >= 4 is 5.78 Å². The number of carbonyl (C=O) groups is 1. The number of fused-ring (bicyclic) bond motifs is 4. The monoisotopic (exact) mass is 521 g/mol. The SMILES string of the molecule is C[C@@]12CCC[C@H]1[C@@H]1CCC3=CC(=O)CC(c4ccc(CN5CCN(Cc6ccccn6)CC5)cc4)C3=C1CC2. The second-order valence-corrected chi connectivity index (χ2v) is 13.2. The lowest BCUT2D eigenvalue weighted by Crippen LogP contribution is -2.45. The first kappa shape index (κ1) is 25.4. The predicted molar refractivity (Wildman–Crippen MR) is 156 cm³/mol. The molecule has 3 fully saturated rings. The highest BCUT2D eigenvalue weighted by Crippen LogP contribution is 2.61. The molecule has 1 saturated heterocycles. The fourth-order valence-electron chi connectivity index (χ4n) is 8.85. The molecule has 4 atom stereocenters. The molecule has 0 N–H and O–H groups in total. The number of allylic oxidation sites excluding steroid dienone is 4. The molecule has 2 heterocycles. The van der Waals surface area contributed by atoms with Crippen LogP contribution in [0, 0.1) is 17.3 Å². The van der Waals surface area contributed by atoms with Crippen molar-refractivity contribution in [1.82, 2.24) is 14.8 Å².